The van der Waals surface area contributed by atoms with Gasteiger partial charge in [0.05, 0.1) is 25.0 Å². The smallest absolute Gasteiger partial charge is 0.272 e. The Hall–Kier alpha value is -3.34. The Morgan fingerprint density at radius 3 is 2.65 bits per heavy atom. The molecule has 31 heavy (non-hydrogen) atoms. The van der Waals surface area contributed by atoms with Crippen molar-refractivity contribution in [3.8, 4) is 11.5 Å². The standard InChI is InChI=1S/C26H30N2O3/c1-4-6-9-16-31-23-15-13-20(17-24(23)30-5-2)18-27-28-26(29)25-19(3)12-14-21-10-7-8-11-22(21)25/h7-8,10-15,17-18H,4-6,9,16H2,1-3H3,(H,28,29)/b27-18-. The first-order valence-corrected chi connectivity index (χ1v) is 10.9. The zero-order valence-electron chi connectivity index (χ0n) is 18.5. The fraction of sp³-hybridized carbons (Fsp3) is 0.308. The predicted octanol–water partition coefficient (Wildman–Crippen LogP) is 5.88. The maximum atomic E-state index is 12.8. The van der Waals surface area contributed by atoms with Gasteiger partial charge in [0.2, 0.25) is 0 Å². The molecule has 0 aliphatic heterocycles. The van der Waals surface area contributed by atoms with Gasteiger partial charge >= 0.3 is 0 Å². The highest BCUT2D eigenvalue weighted by atomic mass is 16.5. The third-order valence-electron chi connectivity index (χ3n) is 5.02. The van der Waals surface area contributed by atoms with Crippen LogP contribution < -0.4 is 14.9 Å². The molecule has 3 aromatic carbocycles. The fourth-order valence-electron chi connectivity index (χ4n) is 3.43. The molecule has 0 atom stereocenters. The van der Waals surface area contributed by atoms with Crippen LogP contribution in [0.15, 0.2) is 59.7 Å². The first-order chi connectivity index (χ1) is 15.1. The van der Waals surface area contributed by atoms with E-state index in [-0.39, 0.29) is 5.91 Å². The number of hydrogen-bond donors (Lipinski definition) is 1. The molecule has 0 aromatic heterocycles. The van der Waals surface area contributed by atoms with Crippen molar-refractivity contribution in [1.29, 1.82) is 0 Å². The van der Waals surface area contributed by atoms with Gasteiger partial charge in [0.25, 0.3) is 5.91 Å². The van der Waals surface area contributed by atoms with Crippen LogP contribution >= 0.6 is 0 Å². The monoisotopic (exact) mass is 418 g/mol. The highest BCUT2D eigenvalue weighted by molar-refractivity contribution is 6.08. The van der Waals surface area contributed by atoms with Gasteiger partial charge in [-0.2, -0.15) is 5.10 Å². The van der Waals surface area contributed by atoms with Crippen molar-refractivity contribution < 1.29 is 14.3 Å². The number of carbonyl (C=O) groups is 1. The minimum absolute atomic E-state index is 0.230. The lowest BCUT2D eigenvalue weighted by Crippen LogP contribution is -2.19. The number of hydrazone groups is 1. The average Bonchev–Trinajstić information content (AvgIpc) is 2.78. The quantitative estimate of drug-likeness (QED) is 0.254. The van der Waals surface area contributed by atoms with E-state index in [2.05, 4.69) is 17.5 Å². The van der Waals surface area contributed by atoms with Crippen molar-refractivity contribution >= 4 is 22.9 Å². The fourth-order valence-corrected chi connectivity index (χ4v) is 3.43. The second kappa shape index (κ2) is 11.2. The minimum atomic E-state index is -0.230. The molecule has 1 N–H and O–H groups in total. The largest absolute Gasteiger partial charge is 0.490 e. The maximum absolute atomic E-state index is 12.8. The first-order valence-electron chi connectivity index (χ1n) is 10.9. The predicted molar refractivity (Wildman–Crippen MR) is 126 cm³/mol. The molecule has 0 unspecified atom stereocenters. The number of unbranched alkanes of at least 4 members (excludes halogenated alkanes) is 2. The molecule has 3 aromatic rings. The summed E-state index contributed by atoms with van der Waals surface area (Å²) in [4.78, 5) is 12.8. The van der Waals surface area contributed by atoms with Gasteiger partial charge in [0.15, 0.2) is 11.5 Å². The van der Waals surface area contributed by atoms with Crippen LogP contribution in [0.4, 0.5) is 0 Å². The number of carbonyl (C=O) groups excluding carboxylic acids is 1. The summed E-state index contributed by atoms with van der Waals surface area (Å²) in [5.74, 6) is 1.18. The molecule has 0 bridgehead atoms. The van der Waals surface area contributed by atoms with E-state index >= 15 is 0 Å². The lowest BCUT2D eigenvalue weighted by molar-refractivity contribution is 0.0956. The topological polar surface area (TPSA) is 59.9 Å². The van der Waals surface area contributed by atoms with Crippen LogP contribution in [0.5, 0.6) is 11.5 Å². The van der Waals surface area contributed by atoms with Crippen molar-refractivity contribution in [2.45, 2.75) is 40.0 Å². The normalized spacial score (nSPS) is 11.1. The van der Waals surface area contributed by atoms with Crippen molar-refractivity contribution in [1.82, 2.24) is 5.43 Å². The van der Waals surface area contributed by atoms with Crippen LogP contribution in [0.25, 0.3) is 10.8 Å². The van der Waals surface area contributed by atoms with Crippen LogP contribution in [0.2, 0.25) is 0 Å². The van der Waals surface area contributed by atoms with Gasteiger partial charge in [-0.3, -0.25) is 4.79 Å². The Morgan fingerprint density at radius 1 is 1.00 bits per heavy atom. The molecule has 0 fully saturated rings. The Kier molecular flexibility index (Phi) is 8.05. The first kappa shape index (κ1) is 22.3. The van der Waals surface area contributed by atoms with E-state index in [4.69, 9.17) is 9.47 Å². The summed E-state index contributed by atoms with van der Waals surface area (Å²) in [5, 5.41) is 6.10. The van der Waals surface area contributed by atoms with E-state index in [1.165, 1.54) is 0 Å². The second-order valence-corrected chi connectivity index (χ2v) is 7.37. The summed E-state index contributed by atoms with van der Waals surface area (Å²) in [7, 11) is 0. The third kappa shape index (κ3) is 5.85. The van der Waals surface area contributed by atoms with Crippen molar-refractivity contribution in [3.05, 3.63) is 71.3 Å². The highest BCUT2D eigenvalue weighted by Crippen LogP contribution is 2.28. The molecular formula is C26H30N2O3. The SMILES string of the molecule is CCCCCOc1ccc(/C=N\NC(=O)c2c(C)ccc3ccccc23)cc1OCC. The zero-order valence-corrected chi connectivity index (χ0v) is 18.5. The minimum Gasteiger partial charge on any atom is -0.490 e. The van der Waals surface area contributed by atoms with Gasteiger partial charge in [-0.05, 0) is 60.4 Å². The molecule has 0 aliphatic carbocycles. The lowest BCUT2D eigenvalue weighted by Gasteiger charge is -2.12. The number of ether oxygens (including phenoxy) is 2. The lowest BCUT2D eigenvalue weighted by atomic mass is 9.99. The van der Waals surface area contributed by atoms with Gasteiger partial charge in [-0.15, -0.1) is 0 Å². The van der Waals surface area contributed by atoms with Gasteiger partial charge in [0, 0.05) is 0 Å². The molecule has 1 amide bonds. The van der Waals surface area contributed by atoms with Crippen molar-refractivity contribution in [2.75, 3.05) is 13.2 Å². The molecule has 0 saturated heterocycles. The molecule has 162 valence electrons. The van der Waals surface area contributed by atoms with E-state index in [0.29, 0.717) is 24.5 Å². The summed E-state index contributed by atoms with van der Waals surface area (Å²) in [6.07, 6.45) is 4.93. The summed E-state index contributed by atoms with van der Waals surface area (Å²) >= 11 is 0. The van der Waals surface area contributed by atoms with Gasteiger partial charge in [-0.1, -0.05) is 56.2 Å². The molecule has 0 heterocycles. The van der Waals surface area contributed by atoms with E-state index < -0.39 is 0 Å². The van der Waals surface area contributed by atoms with Crippen LogP contribution in [0, 0.1) is 6.92 Å². The van der Waals surface area contributed by atoms with E-state index in [9.17, 15) is 4.79 Å². The molecule has 0 aliphatic rings. The number of nitrogens with zero attached hydrogens (tertiary/aromatic N) is 1. The molecule has 5 nitrogen and oxygen atoms in total. The summed E-state index contributed by atoms with van der Waals surface area (Å²) < 4.78 is 11.6. The number of fused-ring (bicyclic) bond motifs is 1. The van der Waals surface area contributed by atoms with Crippen LogP contribution in [0.1, 0.15) is 54.6 Å². The molecule has 0 saturated carbocycles. The maximum Gasteiger partial charge on any atom is 0.272 e. The summed E-state index contributed by atoms with van der Waals surface area (Å²) in [6.45, 7) is 7.25. The zero-order chi connectivity index (χ0) is 22.1. The number of nitrogens with one attached hydrogen (secondary N) is 1. The molecule has 0 spiro atoms. The average molecular weight is 419 g/mol. The van der Waals surface area contributed by atoms with E-state index in [0.717, 1.165) is 46.9 Å². The Balaban J connectivity index is 1.71. The van der Waals surface area contributed by atoms with Crippen LogP contribution in [0.3, 0.4) is 0 Å². The van der Waals surface area contributed by atoms with Crippen LogP contribution in [-0.4, -0.2) is 25.3 Å². The molecule has 3 rings (SSSR count). The number of hydrogen-bond acceptors (Lipinski definition) is 4. The summed E-state index contributed by atoms with van der Waals surface area (Å²) in [5.41, 5.74) is 5.02. The third-order valence-corrected chi connectivity index (χ3v) is 5.02. The van der Waals surface area contributed by atoms with Gasteiger partial charge in [0.1, 0.15) is 0 Å². The molecular weight excluding hydrogens is 388 g/mol. The van der Waals surface area contributed by atoms with Gasteiger partial charge in [-0.25, -0.2) is 5.43 Å². The van der Waals surface area contributed by atoms with Crippen molar-refractivity contribution in [2.24, 2.45) is 5.10 Å². The molecule has 0 radical (unpaired) electrons. The highest BCUT2D eigenvalue weighted by Gasteiger charge is 2.12. The second-order valence-electron chi connectivity index (χ2n) is 7.37. The number of amides is 1. The number of aryl methyl sites for hydroxylation is 1. The molecule has 5 heteroatoms. The van der Waals surface area contributed by atoms with Crippen molar-refractivity contribution in [3.63, 3.8) is 0 Å². The Bertz CT molecular complexity index is 1060. The number of benzene rings is 3. The van der Waals surface area contributed by atoms with Crippen LogP contribution in [-0.2, 0) is 0 Å². The summed E-state index contributed by atoms with van der Waals surface area (Å²) in [6, 6.07) is 17.5. The Labute approximate surface area is 184 Å². The van der Waals surface area contributed by atoms with E-state index in [1.807, 2.05) is 68.4 Å². The van der Waals surface area contributed by atoms with E-state index in [1.54, 1.807) is 6.21 Å². The Morgan fingerprint density at radius 2 is 1.84 bits per heavy atom. The van der Waals surface area contributed by atoms with Gasteiger partial charge < -0.3 is 9.47 Å². The number of rotatable bonds is 10.